The van der Waals surface area contributed by atoms with Crippen LogP contribution in [-0.2, 0) is 21.4 Å². The number of fused-ring (bicyclic) bond motifs is 1. The summed E-state index contributed by atoms with van der Waals surface area (Å²) in [5, 5.41) is 4.61. The molecule has 0 saturated carbocycles. The number of halogens is 1. The van der Waals surface area contributed by atoms with Crippen molar-refractivity contribution in [2.45, 2.75) is 37.1 Å². The summed E-state index contributed by atoms with van der Waals surface area (Å²) in [6.45, 7) is 2.15. The molecule has 0 unspecified atom stereocenters. The van der Waals surface area contributed by atoms with E-state index in [9.17, 15) is 13.2 Å². The van der Waals surface area contributed by atoms with E-state index < -0.39 is 10.0 Å². The average Bonchev–Trinajstić information content (AvgIpc) is 3.53. The maximum atomic E-state index is 12.9. The van der Waals surface area contributed by atoms with Crippen molar-refractivity contribution in [2.75, 3.05) is 18.0 Å². The standard InChI is InChI=1S/C26H27ClN4O3S/c27-23-4-1-3-20-12-17-31(26(20)23)18-13-24(32)19-10-15-30(16-11-19)21-6-8-22(9-7-21)35(33,34)29-25-5-2-14-28-25/h1-4,6-9,12,14,17,19H,5,10-11,13,15-16,18H2,(H,28,29). The molecule has 182 valence electrons. The topological polar surface area (TPSA) is 83.8 Å². The molecule has 0 aliphatic carbocycles. The molecule has 1 saturated heterocycles. The number of Topliss-reactive ketones (excluding diaryl/α,β-unsaturated/α-hetero) is 1. The summed E-state index contributed by atoms with van der Waals surface area (Å²) in [5.74, 6) is 0.759. The number of anilines is 1. The summed E-state index contributed by atoms with van der Waals surface area (Å²) in [4.78, 5) is 15.3. The minimum Gasteiger partial charge on any atom is -0.371 e. The fourth-order valence-corrected chi connectivity index (χ4v) is 6.06. The molecule has 3 aromatic rings. The number of carbonyl (C=O) groups is 1. The fourth-order valence-electron chi connectivity index (χ4n) is 4.77. The predicted octanol–water partition coefficient (Wildman–Crippen LogP) is 4.76. The third kappa shape index (κ3) is 5.13. The van der Waals surface area contributed by atoms with Crippen LogP contribution in [0.2, 0.25) is 5.02 Å². The van der Waals surface area contributed by atoms with Gasteiger partial charge in [0.2, 0.25) is 0 Å². The van der Waals surface area contributed by atoms with E-state index in [0.29, 0.717) is 30.2 Å². The Morgan fingerprint density at radius 1 is 1.09 bits per heavy atom. The van der Waals surface area contributed by atoms with Crippen molar-refractivity contribution in [1.29, 1.82) is 0 Å². The molecule has 9 heteroatoms. The Hall–Kier alpha value is -3.10. The molecule has 0 bridgehead atoms. The smallest absolute Gasteiger partial charge is 0.283 e. The van der Waals surface area contributed by atoms with Gasteiger partial charge in [-0.25, -0.2) is 0 Å². The number of benzene rings is 2. The number of para-hydroxylation sites is 1. The quantitative estimate of drug-likeness (QED) is 0.495. The van der Waals surface area contributed by atoms with Gasteiger partial charge in [0.25, 0.3) is 10.0 Å². The maximum Gasteiger partial charge on any atom is 0.283 e. The maximum absolute atomic E-state index is 12.9. The number of hydrogen-bond donors (Lipinski definition) is 1. The normalized spacial score (nSPS) is 17.9. The molecule has 35 heavy (non-hydrogen) atoms. The van der Waals surface area contributed by atoms with Gasteiger partial charge in [0, 0.05) is 55.7 Å². The summed E-state index contributed by atoms with van der Waals surface area (Å²) in [6, 6.07) is 14.7. The molecule has 2 aromatic carbocycles. The van der Waals surface area contributed by atoms with Gasteiger partial charge in [-0.2, -0.15) is 8.42 Å². The summed E-state index contributed by atoms with van der Waals surface area (Å²) >= 11 is 6.36. The highest BCUT2D eigenvalue weighted by Crippen LogP contribution is 2.28. The zero-order chi connectivity index (χ0) is 24.4. The lowest BCUT2D eigenvalue weighted by Crippen LogP contribution is -2.36. The molecule has 2 aliphatic heterocycles. The first-order valence-electron chi connectivity index (χ1n) is 11.8. The van der Waals surface area contributed by atoms with E-state index in [4.69, 9.17) is 11.6 Å². The van der Waals surface area contributed by atoms with Crippen molar-refractivity contribution < 1.29 is 13.2 Å². The number of sulfonamides is 1. The van der Waals surface area contributed by atoms with Crippen LogP contribution in [0.25, 0.3) is 10.9 Å². The first-order chi connectivity index (χ1) is 16.9. The van der Waals surface area contributed by atoms with E-state index in [2.05, 4.69) is 19.2 Å². The number of nitrogens with zero attached hydrogens (tertiary/aromatic N) is 3. The molecule has 1 fully saturated rings. The zero-order valence-corrected chi connectivity index (χ0v) is 20.8. The number of rotatable bonds is 7. The number of carbonyl (C=O) groups excluding carboxylic acids is 1. The van der Waals surface area contributed by atoms with Gasteiger partial charge in [0.05, 0.1) is 15.4 Å². The predicted molar refractivity (Wildman–Crippen MR) is 139 cm³/mol. The lowest BCUT2D eigenvalue weighted by Gasteiger charge is -2.33. The number of piperidine rings is 1. The molecular formula is C26H27ClN4O3S. The first-order valence-corrected chi connectivity index (χ1v) is 13.6. The van der Waals surface area contributed by atoms with Gasteiger partial charge in [-0.1, -0.05) is 29.8 Å². The largest absolute Gasteiger partial charge is 0.371 e. The van der Waals surface area contributed by atoms with Gasteiger partial charge in [0.15, 0.2) is 0 Å². The molecule has 0 radical (unpaired) electrons. The SMILES string of the molecule is O=C(CCn1ccc2cccc(Cl)c21)C1CCN(c2ccc(S(=O)(=O)N=C3CC=CN3)cc2)CC1. The number of aryl methyl sites for hydroxylation is 1. The molecule has 2 aliphatic rings. The summed E-state index contributed by atoms with van der Waals surface area (Å²) < 4.78 is 31.0. The van der Waals surface area contributed by atoms with E-state index in [-0.39, 0.29) is 16.6 Å². The lowest BCUT2D eigenvalue weighted by atomic mass is 9.90. The highest BCUT2D eigenvalue weighted by Gasteiger charge is 2.25. The van der Waals surface area contributed by atoms with Crippen molar-refractivity contribution in [2.24, 2.45) is 10.3 Å². The van der Waals surface area contributed by atoms with Gasteiger partial charge in [0.1, 0.15) is 11.6 Å². The van der Waals surface area contributed by atoms with E-state index in [1.54, 1.807) is 18.3 Å². The number of aromatic nitrogens is 1. The van der Waals surface area contributed by atoms with Crippen LogP contribution in [0.3, 0.4) is 0 Å². The highest BCUT2D eigenvalue weighted by molar-refractivity contribution is 7.90. The Kier molecular flexibility index (Phi) is 6.67. The van der Waals surface area contributed by atoms with Gasteiger partial charge in [-0.15, -0.1) is 4.40 Å². The van der Waals surface area contributed by atoms with Crippen LogP contribution in [0, 0.1) is 5.92 Å². The van der Waals surface area contributed by atoms with Crippen molar-refractivity contribution >= 4 is 49.8 Å². The molecule has 0 atom stereocenters. The van der Waals surface area contributed by atoms with E-state index in [0.717, 1.165) is 42.5 Å². The summed E-state index contributed by atoms with van der Waals surface area (Å²) in [6.07, 6.45) is 8.05. The summed E-state index contributed by atoms with van der Waals surface area (Å²) in [7, 11) is -3.74. The highest BCUT2D eigenvalue weighted by atomic mass is 35.5. The monoisotopic (exact) mass is 510 g/mol. The van der Waals surface area contributed by atoms with Crippen molar-refractivity contribution in [1.82, 2.24) is 9.88 Å². The minimum absolute atomic E-state index is 0.0477. The number of hydrogen-bond acceptors (Lipinski definition) is 4. The molecule has 0 spiro atoms. The average molecular weight is 511 g/mol. The van der Waals surface area contributed by atoms with Crippen LogP contribution in [0.5, 0.6) is 0 Å². The Morgan fingerprint density at radius 3 is 2.57 bits per heavy atom. The molecule has 7 nitrogen and oxygen atoms in total. The first kappa shape index (κ1) is 23.6. The van der Waals surface area contributed by atoms with Gasteiger partial charge >= 0.3 is 0 Å². The Bertz CT molecular complexity index is 1390. The molecule has 1 aromatic heterocycles. The number of amidine groups is 1. The molecular weight excluding hydrogens is 484 g/mol. The van der Waals surface area contributed by atoms with E-state index >= 15 is 0 Å². The fraction of sp³-hybridized carbons (Fsp3) is 0.308. The number of ketones is 1. The van der Waals surface area contributed by atoms with Crippen LogP contribution < -0.4 is 10.2 Å². The lowest BCUT2D eigenvalue weighted by molar-refractivity contribution is -0.123. The van der Waals surface area contributed by atoms with Crippen LogP contribution in [0.1, 0.15) is 25.7 Å². The van der Waals surface area contributed by atoms with E-state index in [1.165, 1.54) is 0 Å². The van der Waals surface area contributed by atoms with Crippen molar-refractivity contribution in [3.8, 4) is 0 Å². The Balaban J connectivity index is 1.16. The second-order valence-corrected chi connectivity index (χ2v) is 10.9. The van der Waals surface area contributed by atoms with Gasteiger partial charge in [-0.05, 0) is 55.4 Å². The summed E-state index contributed by atoms with van der Waals surface area (Å²) in [5.41, 5.74) is 1.93. The van der Waals surface area contributed by atoms with Crippen molar-refractivity contribution in [3.63, 3.8) is 0 Å². The third-order valence-electron chi connectivity index (χ3n) is 6.70. The second-order valence-electron chi connectivity index (χ2n) is 8.92. The molecule has 1 N–H and O–H groups in total. The van der Waals surface area contributed by atoms with E-state index in [1.807, 2.05) is 48.7 Å². The minimum atomic E-state index is -3.74. The molecule has 0 amide bonds. The Labute approximate surface area is 210 Å². The van der Waals surface area contributed by atoms with Crippen LogP contribution in [-0.4, -0.2) is 37.7 Å². The molecule has 5 rings (SSSR count). The third-order valence-corrected chi connectivity index (χ3v) is 8.33. The van der Waals surface area contributed by atoms with Crippen LogP contribution in [0.15, 0.2) is 76.3 Å². The van der Waals surface area contributed by atoms with Gasteiger partial charge in [-0.3, -0.25) is 4.79 Å². The second kappa shape index (κ2) is 9.87. The molecule has 3 heterocycles. The zero-order valence-electron chi connectivity index (χ0n) is 19.2. The van der Waals surface area contributed by atoms with Crippen molar-refractivity contribution in [3.05, 3.63) is 72.0 Å². The number of nitrogens with one attached hydrogen (secondary N) is 1. The van der Waals surface area contributed by atoms with Crippen LogP contribution >= 0.6 is 11.6 Å². The Morgan fingerprint density at radius 2 is 1.86 bits per heavy atom. The van der Waals surface area contributed by atoms with Gasteiger partial charge < -0.3 is 14.8 Å². The van der Waals surface area contributed by atoms with Crippen LogP contribution in [0.4, 0.5) is 5.69 Å².